The van der Waals surface area contributed by atoms with Crippen LogP contribution in [0.1, 0.15) is 128 Å². The third-order valence-corrected chi connectivity index (χ3v) is 19.6. The van der Waals surface area contributed by atoms with Crippen LogP contribution in [-0.2, 0) is 29.1 Å². The number of nitrogens with zero attached hydrogens (tertiary/aromatic N) is 4. The van der Waals surface area contributed by atoms with Gasteiger partial charge < -0.3 is 14.7 Å². The van der Waals surface area contributed by atoms with Crippen LogP contribution in [0.25, 0.3) is 33.4 Å². The molecular weight excluding hydrogens is 968 g/mol. The first-order valence-electron chi connectivity index (χ1n) is 29.6. The van der Waals surface area contributed by atoms with Gasteiger partial charge in [-0.1, -0.05) is 172 Å². The van der Waals surface area contributed by atoms with Crippen LogP contribution >= 0.6 is 0 Å². The number of fused-ring (bicyclic) bond motifs is 8. The normalized spacial score (nSPS) is 19.5. The van der Waals surface area contributed by atoms with E-state index in [1.165, 1.54) is 136 Å². The zero-order valence-corrected chi connectivity index (χ0v) is 48.9. The molecule has 4 nitrogen and oxygen atoms in total. The van der Waals surface area contributed by atoms with Crippen LogP contribution < -0.4 is 31.1 Å². The van der Waals surface area contributed by atoms with E-state index in [9.17, 15) is 0 Å². The van der Waals surface area contributed by atoms with E-state index >= 15 is 0 Å². The molecule has 1 aromatic heterocycles. The fourth-order valence-electron chi connectivity index (χ4n) is 15.3. The van der Waals surface area contributed by atoms with Crippen molar-refractivity contribution in [3.05, 3.63) is 216 Å². The molecule has 0 bridgehead atoms. The van der Waals surface area contributed by atoms with E-state index in [4.69, 9.17) is 0 Å². The van der Waals surface area contributed by atoms with Crippen molar-refractivity contribution in [1.82, 2.24) is 4.98 Å². The van der Waals surface area contributed by atoms with Crippen LogP contribution in [0.15, 0.2) is 182 Å². The summed E-state index contributed by atoms with van der Waals surface area (Å²) in [6.07, 6.45) is 10.7. The monoisotopic (exact) mass is 1040 g/mol. The third-order valence-electron chi connectivity index (χ3n) is 19.6. The van der Waals surface area contributed by atoms with Crippen LogP contribution in [0.2, 0.25) is 0 Å². The van der Waals surface area contributed by atoms with E-state index in [-0.39, 0.29) is 33.9 Å². The zero-order chi connectivity index (χ0) is 55.3. The first-order valence-corrected chi connectivity index (χ1v) is 29.6. The molecule has 1 saturated carbocycles. The van der Waals surface area contributed by atoms with Crippen molar-refractivity contribution in [2.24, 2.45) is 5.41 Å². The van der Waals surface area contributed by atoms with Crippen LogP contribution in [0.5, 0.6) is 0 Å². The number of aryl methyl sites for hydroxylation is 1. The van der Waals surface area contributed by atoms with E-state index in [0.717, 1.165) is 31.2 Å². The Bertz CT molecular complexity index is 3960. The largest absolute Gasteiger partial charge is 0.334 e. The SMILES string of the molecule is Cc1cc2c3c(c1)N(c1ccc(C(C)(C)C)cc1-c1ccccc1)c1cc4c(cc1B3c1ccc(N3c5ccc(-c6cccnc6)cc5C5(C)CCCCC35C)cc1N2c1ccc(C(C)(C)C)cc1-c1ccccc1)CC(C)(C)C4. The minimum Gasteiger partial charge on any atom is -0.334 e. The molecule has 0 radical (unpaired) electrons. The van der Waals surface area contributed by atoms with Crippen LogP contribution in [-0.4, -0.2) is 17.2 Å². The molecule has 398 valence electrons. The highest BCUT2D eigenvalue weighted by atomic mass is 15.3. The van der Waals surface area contributed by atoms with Gasteiger partial charge >= 0.3 is 0 Å². The maximum Gasteiger partial charge on any atom is 0.252 e. The number of anilines is 8. The first-order chi connectivity index (χ1) is 38.3. The Kier molecular flexibility index (Phi) is 11.3. The van der Waals surface area contributed by atoms with Crippen molar-refractivity contribution >= 4 is 68.6 Å². The van der Waals surface area contributed by atoms with Crippen molar-refractivity contribution in [3.8, 4) is 33.4 Å². The second-order valence-electron chi connectivity index (χ2n) is 27.6. The Morgan fingerprint density at radius 3 is 1.62 bits per heavy atom. The van der Waals surface area contributed by atoms with Crippen molar-refractivity contribution in [1.29, 1.82) is 0 Å². The number of benzene rings is 8. The average Bonchev–Trinajstić information content (AvgIpc) is 3.93. The Hall–Kier alpha value is -7.63. The second-order valence-corrected chi connectivity index (χ2v) is 27.6. The summed E-state index contributed by atoms with van der Waals surface area (Å²) in [5, 5.41) is 0. The highest BCUT2D eigenvalue weighted by Gasteiger charge is 2.58. The third kappa shape index (κ3) is 7.80. The molecule has 0 N–H and O–H groups in total. The standard InChI is InChI=1S/C75H75BN4/c1-48-37-68-70-69(38-48)79(64-33-28-56(72(5,6)7)43-59(64)50-23-16-13-17-24-50)67-44-57(80-65-31-26-51(52-25-20-36-77-47-52)39-60(65)74(10)34-18-19-35-75(74,80)11)29-30-61(67)76(70)62-40-53-45-73(8,9)46-54(53)41-66(62)78(68)63-32-27-55(71(2,3)4)42-58(63)49-21-14-12-15-22-49/h12-17,20-33,36-44,47H,18-19,34-35,45-46H2,1-11H3. The minimum atomic E-state index is -0.148. The molecule has 0 spiro atoms. The van der Waals surface area contributed by atoms with Gasteiger partial charge in [0.2, 0.25) is 0 Å². The van der Waals surface area contributed by atoms with Crippen molar-refractivity contribution in [2.75, 3.05) is 14.7 Å². The van der Waals surface area contributed by atoms with Gasteiger partial charge in [-0.05, 0) is 201 Å². The van der Waals surface area contributed by atoms with E-state index in [1.807, 2.05) is 12.4 Å². The summed E-state index contributed by atoms with van der Waals surface area (Å²) in [7, 11) is 0. The predicted molar refractivity (Wildman–Crippen MR) is 341 cm³/mol. The van der Waals surface area contributed by atoms with Gasteiger partial charge in [0.1, 0.15) is 0 Å². The molecule has 9 aromatic rings. The number of hydrogen-bond acceptors (Lipinski definition) is 4. The van der Waals surface area contributed by atoms with Crippen molar-refractivity contribution in [2.45, 2.75) is 136 Å². The summed E-state index contributed by atoms with van der Waals surface area (Å²) in [6, 6.07) is 66.4. The maximum atomic E-state index is 4.56. The fraction of sp³-hybridized carbons (Fsp3) is 0.293. The number of rotatable bonds is 6. The predicted octanol–water partition coefficient (Wildman–Crippen LogP) is 17.9. The Morgan fingerprint density at radius 2 is 1.04 bits per heavy atom. The molecule has 2 atom stereocenters. The van der Waals surface area contributed by atoms with Gasteiger partial charge in [-0.15, -0.1) is 0 Å². The summed E-state index contributed by atoms with van der Waals surface area (Å²) in [6.45, 7) is 26.4. The fourth-order valence-corrected chi connectivity index (χ4v) is 15.3. The summed E-state index contributed by atoms with van der Waals surface area (Å²) in [4.78, 5) is 12.7. The quantitative estimate of drug-likeness (QED) is 0.155. The highest BCUT2D eigenvalue weighted by Crippen LogP contribution is 2.62. The molecule has 2 aliphatic carbocycles. The molecule has 8 aromatic carbocycles. The summed E-state index contributed by atoms with van der Waals surface area (Å²) in [5.74, 6) is 0. The molecule has 5 aliphatic rings. The number of hydrogen-bond donors (Lipinski definition) is 0. The Labute approximate surface area is 476 Å². The van der Waals surface area contributed by atoms with Gasteiger partial charge in [-0.2, -0.15) is 0 Å². The molecule has 4 heterocycles. The molecule has 2 unspecified atom stereocenters. The van der Waals surface area contributed by atoms with Gasteiger partial charge in [-0.25, -0.2) is 0 Å². The van der Waals surface area contributed by atoms with Crippen LogP contribution in [0.4, 0.5) is 45.5 Å². The molecule has 0 saturated heterocycles. The van der Waals surface area contributed by atoms with E-state index in [1.54, 1.807) is 0 Å². The maximum absolute atomic E-state index is 4.56. The van der Waals surface area contributed by atoms with Crippen molar-refractivity contribution in [3.63, 3.8) is 0 Å². The summed E-state index contributed by atoms with van der Waals surface area (Å²) >= 11 is 0. The first kappa shape index (κ1) is 50.6. The summed E-state index contributed by atoms with van der Waals surface area (Å²) < 4.78 is 0. The molecule has 3 aliphatic heterocycles. The lowest BCUT2D eigenvalue weighted by molar-refractivity contribution is 0.195. The Balaban J connectivity index is 1.07. The van der Waals surface area contributed by atoms with Crippen LogP contribution in [0.3, 0.4) is 0 Å². The molecule has 80 heavy (non-hydrogen) atoms. The van der Waals surface area contributed by atoms with Gasteiger partial charge in [0.15, 0.2) is 0 Å². The minimum absolute atomic E-state index is 0.0207. The van der Waals surface area contributed by atoms with Crippen molar-refractivity contribution < 1.29 is 0 Å². The molecule has 5 heteroatoms. The van der Waals surface area contributed by atoms with Crippen LogP contribution in [0, 0.1) is 12.3 Å². The molecule has 0 amide bonds. The van der Waals surface area contributed by atoms with E-state index in [0.29, 0.717) is 0 Å². The highest BCUT2D eigenvalue weighted by molar-refractivity contribution is 7.00. The van der Waals surface area contributed by atoms with Gasteiger partial charge in [0, 0.05) is 63.1 Å². The zero-order valence-electron chi connectivity index (χ0n) is 48.9. The van der Waals surface area contributed by atoms with Gasteiger partial charge in [0.25, 0.3) is 6.71 Å². The number of pyridine rings is 1. The Morgan fingerprint density at radius 1 is 0.475 bits per heavy atom. The molecule has 1 fully saturated rings. The van der Waals surface area contributed by atoms with E-state index < -0.39 is 0 Å². The number of aromatic nitrogens is 1. The molecule has 14 rings (SSSR count). The van der Waals surface area contributed by atoms with Gasteiger partial charge in [-0.3, -0.25) is 4.98 Å². The lowest BCUT2D eigenvalue weighted by Crippen LogP contribution is -2.61. The lowest BCUT2D eigenvalue weighted by atomic mass is 9.33. The van der Waals surface area contributed by atoms with E-state index in [2.05, 4.69) is 266 Å². The molecular formula is C75H75BN4. The summed E-state index contributed by atoms with van der Waals surface area (Å²) in [5.41, 5.74) is 29.7. The average molecular weight is 1040 g/mol. The lowest BCUT2D eigenvalue weighted by Gasteiger charge is -2.50. The smallest absolute Gasteiger partial charge is 0.252 e. The second kappa shape index (κ2) is 17.9. The van der Waals surface area contributed by atoms with Gasteiger partial charge in [0.05, 0.1) is 16.9 Å². The topological polar surface area (TPSA) is 22.6 Å².